The van der Waals surface area contributed by atoms with Crippen LogP contribution in [0, 0.1) is 11.6 Å². The summed E-state index contributed by atoms with van der Waals surface area (Å²) in [6.07, 6.45) is 0.527. The fraction of sp³-hybridized carbons (Fsp3) is 0.143. The highest BCUT2D eigenvalue weighted by atomic mass is 19.1. The lowest BCUT2D eigenvalue weighted by atomic mass is 10.1. The molecule has 144 valence electrons. The van der Waals surface area contributed by atoms with Crippen LogP contribution in [-0.2, 0) is 16.0 Å². The second-order valence-corrected chi connectivity index (χ2v) is 5.97. The molecule has 0 atom stereocenters. The first-order valence-corrected chi connectivity index (χ1v) is 8.55. The van der Waals surface area contributed by atoms with E-state index in [1.807, 2.05) is 0 Å². The van der Waals surface area contributed by atoms with Crippen LogP contribution in [0.15, 0.2) is 65.1 Å². The molecule has 0 unspecified atom stereocenters. The van der Waals surface area contributed by atoms with Gasteiger partial charge in [0.1, 0.15) is 17.4 Å². The Labute approximate surface area is 159 Å². The summed E-state index contributed by atoms with van der Waals surface area (Å²) in [6, 6.07) is 14.6. The molecule has 1 aromatic heterocycles. The van der Waals surface area contributed by atoms with E-state index in [9.17, 15) is 18.4 Å². The Morgan fingerprint density at radius 3 is 2.21 bits per heavy atom. The molecule has 28 heavy (non-hydrogen) atoms. The summed E-state index contributed by atoms with van der Waals surface area (Å²) in [5.74, 6) is -1.60. The minimum absolute atomic E-state index is 0.0570. The Hall–Kier alpha value is -3.48. The van der Waals surface area contributed by atoms with Crippen LogP contribution in [-0.4, -0.2) is 25.0 Å². The van der Waals surface area contributed by atoms with Crippen molar-refractivity contribution >= 4 is 11.9 Å². The lowest BCUT2D eigenvalue weighted by Crippen LogP contribution is -2.30. The standard InChI is InChI=1S/C21H17F2NO4/c22-16-5-1-14(2-6-16)11-12-24-20(25)13-27-21(26)19-10-9-18(28-19)15-3-7-17(23)8-4-15/h1-10H,11-13H2,(H,24,25). The molecule has 0 aliphatic rings. The van der Waals surface area contributed by atoms with Gasteiger partial charge in [-0.15, -0.1) is 0 Å². The van der Waals surface area contributed by atoms with Crippen molar-refractivity contribution in [1.29, 1.82) is 0 Å². The molecule has 0 aliphatic carbocycles. The van der Waals surface area contributed by atoms with E-state index in [2.05, 4.69) is 5.32 Å². The van der Waals surface area contributed by atoms with Crippen LogP contribution in [0.3, 0.4) is 0 Å². The number of amides is 1. The van der Waals surface area contributed by atoms with E-state index >= 15 is 0 Å². The SMILES string of the molecule is O=C(COC(=O)c1ccc(-c2ccc(F)cc2)o1)NCCc1ccc(F)cc1. The molecule has 1 amide bonds. The van der Waals surface area contributed by atoms with Gasteiger partial charge in [-0.05, 0) is 60.5 Å². The number of furan rings is 1. The number of rotatable bonds is 7. The minimum Gasteiger partial charge on any atom is -0.450 e. The van der Waals surface area contributed by atoms with Gasteiger partial charge >= 0.3 is 5.97 Å². The van der Waals surface area contributed by atoms with E-state index in [1.54, 1.807) is 18.2 Å². The van der Waals surface area contributed by atoms with Crippen LogP contribution in [0.5, 0.6) is 0 Å². The molecule has 0 fully saturated rings. The first-order chi connectivity index (χ1) is 13.5. The molecule has 1 heterocycles. The van der Waals surface area contributed by atoms with Gasteiger partial charge in [-0.3, -0.25) is 4.79 Å². The normalized spacial score (nSPS) is 10.5. The summed E-state index contributed by atoms with van der Waals surface area (Å²) in [5, 5.41) is 2.61. The van der Waals surface area contributed by atoms with Gasteiger partial charge in [0.05, 0.1) is 0 Å². The fourth-order valence-corrected chi connectivity index (χ4v) is 2.47. The molecule has 0 spiro atoms. The topological polar surface area (TPSA) is 68.5 Å². The summed E-state index contributed by atoms with van der Waals surface area (Å²) < 4.78 is 36.1. The molecule has 3 rings (SSSR count). The maximum atomic E-state index is 13.0. The number of benzene rings is 2. The summed E-state index contributed by atoms with van der Waals surface area (Å²) in [6.45, 7) is -0.119. The average Bonchev–Trinajstić information content (AvgIpc) is 3.18. The molecule has 1 N–H and O–H groups in total. The summed E-state index contributed by atoms with van der Waals surface area (Å²) >= 11 is 0. The highest BCUT2D eigenvalue weighted by molar-refractivity contribution is 5.89. The quantitative estimate of drug-likeness (QED) is 0.629. The lowest BCUT2D eigenvalue weighted by Gasteiger charge is -2.06. The first kappa shape index (κ1) is 19.3. The van der Waals surface area contributed by atoms with Crippen LogP contribution >= 0.6 is 0 Å². The van der Waals surface area contributed by atoms with E-state index < -0.39 is 18.5 Å². The van der Waals surface area contributed by atoms with E-state index in [0.29, 0.717) is 24.3 Å². The van der Waals surface area contributed by atoms with Crippen molar-refractivity contribution < 1.29 is 27.5 Å². The van der Waals surface area contributed by atoms with Crippen molar-refractivity contribution in [3.8, 4) is 11.3 Å². The van der Waals surface area contributed by atoms with Crippen molar-refractivity contribution in [3.05, 3.63) is 83.6 Å². The first-order valence-electron chi connectivity index (χ1n) is 8.55. The van der Waals surface area contributed by atoms with Crippen molar-refractivity contribution in [3.63, 3.8) is 0 Å². The maximum Gasteiger partial charge on any atom is 0.374 e. The van der Waals surface area contributed by atoms with Crippen LogP contribution in [0.1, 0.15) is 16.1 Å². The number of halogens is 2. The number of hydrogen-bond donors (Lipinski definition) is 1. The zero-order valence-electron chi connectivity index (χ0n) is 14.8. The van der Waals surface area contributed by atoms with Gasteiger partial charge in [0.2, 0.25) is 5.76 Å². The summed E-state index contributed by atoms with van der Waals surface area (Å²) in [5.41, 5.74) is 1.49. The van der Waals surface area contributed by atoms with Gasteiger partial charge in [-0.25, -0.2) is 13.6 Å². The highest BCUT2D eigenvalue weighted by Crippen LogP contribution is 2.22. The predicted octanol–water partition coefficient (Wildman–Crippen LogP) is 3.74. The fourth-order valence-electron chi connectivity index (χ4n) is 2.47. The smallest absolute Gasteiger partial charge is 0.374 e. The number of carbonyl (C=O) groups excluding carboxylic acids is 2. The second-order valence-electron chi connectivity index (χ2n) is 5.97. The maximum absolute atomic E-state index is 13.0. The Bertz CT molecular complexity index is 949. The van der Waals surface area contributed by atoms with Gasteiger partial charge in [-0.1, -0.05) is 12.1 Å². The van der Waals surface area contributed by atoms with E-state index in [-0.39, 0.29) is 17.4 Å². The van der Waals surface area contributed by atoms with E-state index in [0.717, 1.165) is 5.56 Å². The molecular formula is C21H17F2NO4. The minimum atomic E-state index is -0.776. The lowest BCUT2D eigenvalue weighted by molar-refractivity contribution is -0.124. The molecule has 7 heteroatoms. The molecule has 0 radical (unpaired) electrons. The zero-order chi connectivity index (χ0) is 19.9. The Balaban J connectivity index is 1.44. The van der Waals surface area contributed by atoms with Gasteiger partial charge in [0, 0.05) is 12.1 Å². The van der Waals surface area contributed by atoms with Gasteiger partial charge in [0.15, 0.2) is 6.61 Å². The molecule has 0 saturated heterocycles. The molecular weight excluding hydrogens is 368 g/mol. The number of esters is 1. The van der Waals surface area contributed by atoms with Crippen LogP contribution in [0.25, 0.3) is 11.3 Å². The molecule has 3 aromatic rings. The number of nitrogens with one attached hydrogen (secondary N) is 1. The van der Waals surface area contributed by atoms with Crippen LogP contribution in [0.2, 0.25) is 0 Å². The summed E-state index contributed by atoms with van der Waals surface area (Å²) in [4.78, 5) is 23.8. The van der Waals surface area contributed by atoms with Crippen molar-refractivity contribution in [1.82, 2.24) is 5.32 Å². The zero-order valence-corrected chi connectivity index (χ0v) is 14.8. The third-order valence-electron chi connectivity index (χ3n) is 3.92. The van der Waals surface area contributed by atoms with E-state index in [4.69, 9.17) is 9.15 Å². The van der Waals surface area contributed by atoms with Crippen molar-refractivity contribution in [2.75, 3.05) is 13.2 Å². The monoisotopic (exact) mass is 385 g/mol. The number of ether oxygens (including phenoxy) is 1. The molecule has 2 aromatic carbocycles. The van der Waals surface area contributed by atoms with Crippen molar-refractivity contribution in [2.24, 2.45) is 0 Å². The third-order valence-corrected chi connectivity index (χ3v) is 3.92. The van der Waals surface area contributed by atoms with Crippen LogP contribution < -0.4 is 5.32 Å². The number of hydrogen-bond acceptors (Lipinski definition) is 4. The second kappa shape index (κ2) is 8.94. The molecule has 5 nitrogen and oxygen atoms in total. The number of carbonyl (C=O) groups is 2. The average molecular weight is 385 g/mol. The van der Waals surface area contributed by atoms with Gasteiger partial charge in [0.25, 0.3) is 5.91 Å². The highest BCUT2D eigenvalue weighted by Gasteiger charge is 2.15. The third kappa shape index (κ3) is 5.26. The van der Waals surface area contributed by atoms with Crippen molar-refractivity contribution in [2.45, 2.75) is 6.42 Å². The largest absolute Gasteiger partial charge is 0.450 e. The summed E-state index contributed by atoms with van der Waals surface area (Å²) in [7, 11) is 0. The van der Waals surface area contributed by atoms with E-state index in [1.165, 1.54) is 42.5 Å². The predicted molar refractivity (Wildman–Crippen MR) is 97.5 cm³/mol. The van der Waals surface area contributed by atoms with Gasteiger partial charge in [-0.2, -0.15) is 0 Å². The Morgan fingerprint density at radius 2 is 1.54 bits per heavy atom. The van der Waals surface area contributed by atoms with Crippen LogP contribution in [0.4, 0.5) is 8.78 Å². The Morgan fingerprint density at radius 1 is 0.893 bits per heavy atom. The molecule has 0 bridgehead atoms. The Kier molecular flexibility index (Phi) is 6.16. The van der Waals surface area contributed by atoms with Gasteiger partial charge < -0.3 is 14.5 Å². The molecule has 0 aliphatic heterocycles. The molecule has 0 saturated carbocycles.